The van der Waals surface area contributed by atoms with Crippen molar-refractivity contribution in [3.63, 3.8) is 0 Å². The number of nitrogens with zero attached hydrogens (tertiary/aromatic N) is 1. The lowest BCUT2D eigenvalue weighted by atomic mass is 9.99. The molecule has 98 valence electrons. The van der Waals surface area contributed by atoms with Gasteiger partial charge in [-0.05, 0) is 24.5 Å². The molecule has 1 amide bonds. The van der Waals surface area contributed by atoms with Gasteiger partial charge in [-0.25, -0.2) is 0 Å². The first-order chi connectivity index (χ1) is 8.66. The molecule has 1 aliphatic heterocycles. The smallest absolute Gasteiger partial charge is 0.232 e. The number of hydrogen-bond acceptors (Lipinski definition) is 2. The van der Waals surface area contributed by atoms with Gasteiger partial charge in [-0.3, -0.25) is 4.79 Å². The second-order valence-corrected chi connectivity index (χ2v) is 6.95. The Bertz CT molecular complexity index is 398. The largest absolute Gasteiger partial charge is 0.341 e. The Hall–Kier alpha value is -0.480. The third kappa shape index (κ3) is 3.75. The van der Waals surface area contributed by atoms with Gasteiger partial charge in [0.05, 0.1) is 5.75 Å². The normalized spacial score (nSPS) is 24.0. The Morgan fingerprint density at radius 1 is 1.44 bits per heavy atom. The summed E-state index contributed by atoms with van der Waals surface area (Å²) in [7, 11) is 0. The van der Waals surface area contributed by atoms with Crippen LogP contribution in [0, 0.1) is 5.92 Å². The summed E-state index contributed by atoms with van der Waals surface area (Å²) in [5.74, 6) is 1.45. The molecule has 0 radical (unpaired) electrons. The summed E-state index contributed by atoms with van der Waals surface area (Å²) < 4.78 is 0. The van der Waals surface area contributed by atoms with Crippen molar-refractivity contribution in [3.8, 4) is 0 Å². The highest BCUT2D eigenvalue weighted by Gasteiger charge is 2.26. The average molecular weight is 328 g/mol. The van der Waals surface area contributed by atoms with Crippen LogP contribution in [0.5, 0.6) is 0 Å². The average Bonchev–Trinajstić information content (AvgIpc) is 2.40. The number of halogens is 1. The summed E-state index contributed by atoms with van der Waals surface area (Å²) in [5, 5.41) is 0. The van der Waals surface area contributed by atoms with Crippen molar-refractivity contribution in [2.45, 2.75) is 23.1 Å². The number of benzene rings is 1. The lowest BCUT2D eigenvalue weighted by Gasteiger charge is -2.34. The second kappa shape index (κ2) is 6.62. The molecule has 0 aliphatic carbocycles. The standard InChI is InChI=1S/C14H18BrNOS/c1-11-7-8-16(9-13(11)15)14(17)10-18-12-5-3-2-4-6-12/h2-6,11,13H,7-10H2,1H3. The van der Waals surface area contributed by atoms with Crippen molar-refractivity contribution in [2.75, 3.05) is 18.8 Å². The number of rotatable bonds is 3. The molecule has 2 unspecified atom stereocenters. The molecule has 4 heteroatoms. The molecule has 1 saturated heterocycles. The Morgan fingerprint density at radius 2 is 2.17 bits per heavy atom. The number of amides is 1. The molecule has 1 aromatic rings. The van der Waals surface area contributed by atoms with Gasteiger partial charge >= 0.3 is 0 Å². The molecule has 1 aliphatic rings. The van der Waals surface area contributed by atoms with Gasteiger partial charge in [0, 0.05) is 22.8 Å². The van der Waals surface area contributed by atoms with Crippen molar-refractivity contribution < 1.29 is 4.79 Å². The third-order valence-electron chi connectivity index (χ3n) is 3.32. The van der Waals surface area contributed by atoms with Gasteiger partial charge < -0.3 is 4.90 Å². The van der Waals surface area contributed by atoms with E-state index >= 15 is 0 Å². The van der Waals surface area contributed by atoms with Gasteiger partial charge in [-0.2, -0.15) is 0 Å². The minimum absolute atomic E-state index is 0.250. The molecule has 18 heavy (non-hydrogen) atoms. The Morgan fingerprint density at radius 3 is 2.83 bits per heavy atom. The minimum atomic E-state index is 0.250. The van der Waals surface area contributed by atoms with Gasteiger partial charge in [0.25, 0.3) is 0 Å². The van der Waals surface area contributed by atoms with E-state index in [1.54, 1.807) is 11.8 Å². The molecular weight excluding hydrogens is 310 g/mol. The quantitative estimate of drug-likeness (QED) is 0.626. The van der Waals surface area contributed by atoms with Gasteiger partial charge in [0.1, 0.15) is 0 Å². The molecule has 0 aromatic heterocycles. The van der Waals surface area contributed by atoms with E-state index in [2.05, 4.69) is 22.9 Å². The van der Waals surface area contributed by atoms with Crippen molar-refractivity contribution in [1.82, 2.24) is 4.90 Å². The molecule has 2 atom stereocenters. The lowest BCUT2D eigenvalue weighted by molar-refractivity contribution is -0.129. The molecule has 1 fully saturated rings. The number of thioether (sulfide) groups is 1. The first kappa shape index (κ1) is 13.9. The topological polar surface area (TPSA) is 20.3 Å². The van der Waals surface area contributed by atoms with Gasteiger partial charge in [0.15, 0.2) is 0 Å². The number of hydrogen-bond donors (Lipinski definition) is 0. The van der Waals surface area contributed by atoms with Gasteiger partial charge in [0.2, 0.25) is 5.91 Å². The van der Waals surface area contributed by atoms with E-state index in [1.807, 2.05) is 35.2 Å². The summed E-state index contributed by atoms with van der Waals surface area (Å²) in [4.78, 5) is 15.7. The van der Waals surface area contributed by atoms with Crippen LogP contribution < -0.4 is 0 Å². The highest BCUT2D eigenvalue weighted by atomic mass is 79.9. The second-order valence-electron chi connectivity index (χ2n) is 4.72. The highest BCUT2D eigenvalue weighted by Crippen LogP contribution is 2.24. The maximum atomic E-state index is 12.1. The summed E-state index contributed by atoms with van der Waals surface area (Å²) in [6, 6.07) is 10.1. The third-order valence-corrected chi connectivity index (χ3v) is 5.51. The first-order valence-electron chi connectivity index (χ1n) is 6.26. The number of alkyl halides is 1. The summed E-state index contributed by atoms with van der Waals surface area (Å²) in [5.41, 5.74) is 0. The molecular formula is C14H18BrNOS. The molecule has 0 saturated carbocycles. The molecule has 2 rings (SSSR count). The fourth-order valence-electron chi connectivity index (χ4n) is 2.00. The zero-order valence-electron chi connectivity index (χ0n) is 10.5. The molecule has 0 N–H and O–H groups in total. The lowest BCUT2D eigenvalue weighted by Crippen LogP contribution is -2.44. The van der Waals surface area contributed by atoms with Crippen LogP contribution in [0.2, 0.25) is 0 Å². The number of likely N-dealkylation sites (tertiary alicyclic amines) is 1. The van der Waals surface area contributed by atoms with E-state index in [-0.39, 0.29) is 5.91 Å². The maximum Gasteiger partial charge on any atom is 0.232 e. The molecule has 1 aromatic carbocycles. The summed E-state index contributed by atoms with van der Waals surface area (Å²) in [6.45, 7) is 3.98. The van der Waals surface area contributed by atoms with Crippen LogP contribution in [0.4, 0.5) is 0 Å². The van der Waals surface area contributed by atoms with Crippen LogP contribution in [-0.2, 0) is 4.79 Å². The number of carbonyl (C=O) groups excluding carboxylic acids is 1. The van der Waals surface area contributed by atoms with Crippen molar-refractivity contribution in [3.05, 3.63) is 30.3 Å². The number of piperidine rings is 1. The van der Waals surface area contributed by atoms with Crippen LogP contribution in [0.25, 0.3) is 0 Å². The van der Waals surface area contributed by atoms with Crippen molar-refractivity contribution >= 4 is 33.6 Å². The van der Waals surface area contributed by atoms with Crippen LogP contribution in [0.15, 0.2) is 35.2 Å². The zero-order valence-corrected chi connectivity index (χ0v) is 12.9. The fraction of sp³-hybridized carbons (Fsp3) is 0.500. The molecule has 0 bridgehead atoms. The SMILES string of the molecule is CC1CCN(C(=O)CSc2ccccc2)CC1Br. The highest BCUT2D eigenvalue weighted by molar-refractivity contribution is 9.09. The predicted molar refractivity (Wildman–Crippen MR) is 80.2 cm³/mol. The first-order valence-corrected chi connectivity index (χ1v) is 8.16. The Labute approximate surface area is 121 Å². The Balaban J connectivity index is 1.82. The maximum absolute atomic E-state index is 12.1. The van der Waals surface area contributed by atoms with Crippen molar-refractivity contribution in [2.24, 2.45) is 5.92 Å². The van der Waals surface area contributed by atoms with Crippen LogP contribution >= 0.6 is 27.7 Å². The van der Waals surface area contributed by atoms with E-state index < -0.39 is 0 Å². The Kier molecular flexibility index (Phi) is 5.13. The molecule has 1 heterocycles. The zero-order chi connectivity index (χ0) is 13.0. The van der Waals surface area contributed by atoms with Gasteiger partial charge in [-0.1, -0.05) is 41.1 Å². The van der Waals surface area contributed by atoms with Crippen LogP contribution in [0.1, 0.15) is 13.3 Å². The predicted octanol–water partition coefficient (Wildman–Crippen LogP) is 3.41. The summed E-state index contributed by atoms with van der Waals surface area (Å²) >= 11 is 5.28. The number of carbonyl (C=O) groups is 1. The molecule has 2 nitrogen and oxygen atoms in total. The monoisotopic (exact) mass is 327 g/mol. The van der Waals surface area contributed by atoms with Crippen molar-refractivity contribution in [1.29, 1.82) is 0 Å². The summed E-state index contributed by atoms with van der Waals surface area (Å²) in [6.07, 6.45) is 1.09. The van der Waals surface area contributed by atoms with Crippen LogP contribution in [-0.4, -0.2) is 34.5 Å². The van der Waals surface area contributed by atoms with E-state index in [0.717, 1.165) is 24.4 Å². The molecule has 0 spiro atoms. The minimum Gasteiger partial charge on any atom is -0.341 e. The van der Waals surface area contributed by atoms with Crippen LogP contribution in [0.3, 0.4) is 0 Å². The van der Waals surface area contributed by atoms with E-state index in [9.17, 15) is 4.79 Å². The van der Waals surface area contributed by atoms with E-state index in [0.29, 0.717) is 16.5 Å². The van der Waals surface area contributed by atoms with E-state index in [1.165, 1.54) is 0 Å². The fourth-order valence-corrected chi connectivity index (χ4v) is 3.44. The van der Waals surface area contributed by atoms with E-state index in [4.69, 9.17) is 0 Å². The van der Waals surface area contributed by atoms with Gasteiger partial charge in [-0.15, -0.1) is 11.8 Å².